The number of nitrogens with two attached hydrogens (primary N) is 1. The highest BCUT2D eigenvalue weighted by atomic mass is 16.6. The topological polar surface area (TPSA) is 98.3 Å². The van der Waals surface area contributed by atoms with Crippen molar-refractivity contribution in [3.63, 3.8) is 0 Å². The van der Waals surface area contributed by atoms with Crippen molar-refractivity contribution in [2.45, 2.75) is 13.3 Å². The second kappa shape index (κ2) is 5.95. The standard InChI is InChI=1S/C11H15N3O3/c1-8-7-9(14(16)17)3-4-10(8)11(15)13-6-2-5-12/h3-4,7H,2,5-6,12H2,1H3,(H,13,15). The molecule has 17 heavy (non-hydrogen) atoms. The minimum absolute atomic E-state index is 0.0130. The Morgan fingerprint density at radius 1 is 1.53 bits per heavy atom. The number of carbonyl (C=O) groups excluding carboxylic acids is 1. The summed E-state index contributed by atoms with van der Waals surface area (Å²) in [6.07, 6.45) is 0.706. The molecule has 1 amide bonds. The Bertz CT molecular complexity index is 432. The van der Waals surface area contributed by atoms with E-state index in [-0.39, 0.29) is 11.6 Å². The highest BCUT2D eigenvalue weighted by Gasteiger charge is 2.12. The molecule has 0 aliphatic carbocycles. The van der Waals surface area contributed by atoms with Gasteiger partial charge in [-0.15, -0.1) is 0 Å². The third-order valence-corrected chi connectivity index (χ3v) is 2.33. The van der Waals surface area contributed by atoms with E-state index in [2.05, 4.69) is 5.32 Å². The third kappa shape index (κ3) is 3.53. The summed E-state index contributed by atoms with van der Waals surface area (Å²) in [7, 11) is 0. The van der Waals surface area contributed by atoms with Gasteiger partial charge in [-0.25, -0.2) is 0 Å². The van der Waals surface area contributed by atoms with Crippen molar-refractivity contribution in [3.05, 3.63) is 39.4 Å². The Labute approximate surface area is 99.0 Å². The van der Waals surface area contributed by atoms with Crippen LogP contribution in [0.5, 0.6) is 0 Å². The maximum absolute atomic E-state index is 11.7. The normalized spacial score (nSPS) is 10.0. The molecule has 0 atom stereocenters. The molecule has 0 aromatic heterocycles. The Morgan fingerprint density at radius 3 is 2.76 bits per heavy atom. The van der Waals surface area contributed by atoms with Gasteiger partial charge in [-0.2, -0.15) is 0 Å². The van der Waals surface area contributed by atoms with E-state index < -0.39 is 4.92 Å². The number of rotatable bonds is 5. The lowest BCUT2D eigenvalue weighted by Crippen LogP contribution is -2.26. The number of nitrogens with one attached hydrogen (secondary N) is 1. The van der Waals surface area contributed by atoms with E-state index >= 15 is 0 Å². The van der Waals surface area contributed by atoms with Gasteiger partial charge in [-0.05, 0) is 31.5 Å². The number of nitro groups is 1. The van der Waals surface area contributed by atoms with E-state index in [0.717, 1.165) is 0 Å². The number of amides is 1. The zero-order valence-electron chi connectivity index (χ0n) is 9.60. The maximum Gasteiger partial charge on any atom is 0.269 e. The van der Waals surface area contributed by atoms with E-state index in [9.17, 15) is 14.9 Å². The van der Waals surface area contributed by atoms with Crippen molar-refractivity contribution >= 4 is 11.6 Å². The number of aryl methyl sites for hydroxylation is 1. The molecule has 1 aromatic rings. The van der Waals surface area contributed by atoms with Crippen LogP contribution in [0.1, 0.15) is 22.3 Å². The molecule has 0 radical (unpaired) electrons. The van der Waals surface area contributed by atoms with Gasteiger partial charge in [-0.3, -0.25) is 14.9 Å². The third-order valence-electron chi connectivity index (χ3n) is 2.33. The molecule has 0 fully saturated rings. The van der Waals surface area contributed by atoms with Gasteiger partial charge in [-0.1, -0.05) is 0 Å². The van der Waals surface area contributed by atoms with E-state index in [0.29, 0.717) is 30.6 Å². The molecule has 0 aliphatic rings. The molecule has 1 rings (SSSR count). The number of hydrogen-bond donors (Lipinski definition) is 2. The molecule has 0 bridgehead atoms. The molecule has 0 unspecified atom stereocenters. The number of nitro benzene ring substituents is 1. The Kier molecular flexibility index (Phi) is 4.59. The fraction of sp³-hybridized carbons (Fsp3) is 0.364. The highest BCUT2D eigenvalue weighted by molar-refractivity contribution is 5.95. The Balaban J connectivity index is 2.78. The highest BCUT2D eigenvalue weighted by Crippen LogP contribution is 2.16. The van der Waals surface area contributed by atoms with Gasteiger partial charge in [0.25, 0.3) is 11.6 Å². The predicted octanol–water partition coefficient (Wildman–Crippen LogP) is 0.982. The molecule has 0 aliphatic heterocycles. The van der Waals surface area contributed by atoms with Crippen molar-refractivity contribution < 1.29 is 9.72 Å². The van der Waals surface area contributed by atoms with Crippen LogP contribution in [0.4, 0.5) is 5.69 Å². The maximum atomic E-state index is 11.7. The van der Waals surface area contributed by atoms with E-state index in [1.165, 1.54) is 18.2 Å². The SMILES string of the molecule is Cc1cc([N+](=O)[O-])ccc1C(=O)NCCCN. The van der Waals surface area contributed by atoms with Crippen LogP contribution in [-0.4, -0.2) is 23.9 Å². The van der Waals surface area contributed by atoms with Gasteiger partial charge >= 0.3 is 0 Å². The summed E-state index contributed by atoms with van der Waals surface area (Å²) in [5, 5.41) is 13.2. The van der Waals surface area contributed by atoms with Crippen LogP contribution in [0.25, 0.3) is 0 Å². The Morgan fingerprint density at radius 2 is 2.24 bits per heavy atom. The fourth-order valence-corrected chi connectivity index (χ4v) is 1.42. The van der Waals surface area contributed by atoms with Gasteiger partial charge in [0.05, 0.1) is 4.92 Å². The lowest BCUT2D eigenvalue weighted by atomic mass is 10.1. The quantitative estimate of drug-likeness (QED) is 0.453. The molecule has 1 aromatic carbocycles. The summed E-state index contributed by atoms with van der Waals surface area (Å²) >= 11 is 0. The predicted molar refractivity (Wildman–Crippen MR) is 63.8 cm³/mol. The first-order valence-corrected chi connectivity index (χ1v) is 5.29. The van der Waals surface area contributed by atoms with Gasteiger partial charge < -0.3 is 11.1 Å². The number of non-ortho nitro benzene ring substituents is 1. The van der Waals surface area contributed by atoms with Gasteiger partial charge in [0.1, 0.15) is 0 Å². The van der Waals surface area contributed by atoms with Crippen LogP contribution in [0.2, 0.25) is 0 Å². The molecule has 6 heteroatoms. The second-order valence-electron chi connectivity index (χ2n) is 3.65. The van der Waals surface area contributed by atoms with Crippen molar-refractivity contribution in [1.82, 2.24) is 5.32 Å². The van der Waals surface area contributed by atoms with Crippen molar-refractivity contribution in [3.8, 4) is 0 Å². The molecule has 0 saturated carbocycles. The van der Waals surface area contributed by atoms with Crippen molar-refractivity contribution in [2.24, 2.45) is 5.73 Å². The van der Waals surface area contributed by atoms with Crippen molar-refractivity contribution in [1.29, 1.82) is 0 Å². The van der Waals surface area contributed by atoms with Crippen LogP contribution in [0.15, 0.2) is 18.2 Å². The van der Waals surface area contributed by atoms with E-state index in [1.807, 2.05) is 0 Å². The Hall–Kier alpha value is -1.95. The minimum atomic E-state index is -0.483. The van der Waals surface area contributed by atoms with Crippen LogP contribution in [0.3, 0.4) is 0 Å². The summed E-state index contributed by atoms with van der Waals surface area (Å²) in [6.45, 7) is 2.69. The van der Waals surface area contributed by atoms with Crippen LogP contribution >= 0.6 is 0 Å². The van der Waals surface area contributed by atoms with Gasteiger partial charge in [0.2, 0.25) is 0 Å². The summed E-state index contributed by atoms with van der Waals surface area (Å²) in [4.78, 5) is 21.8. The molecule has 92 valence electrons. The molecule has 0 spiro atoms. The smallest absolute Gasteiger partial charge is 0.269 e. The zero-order valence-corrected chi connectivity index (χ0v) is 9.60. The number of nitrogens with zero attached hydrogens (tertiary/aromatic N) is 1. The lowest BCUT2D eigenvalue weighted by molar-refractivity contribution is -0.384. The molecule has 0 heterocycles. The summed E-state index contributed by atoms with van der Waals surface area (Å²) in [5.41, 5.74) is 6.34. The van der Waals surface area contributed by atoms with E-state index in [4.69, 9.17) is 5.73 Å². The number of hydrogen-bond acceptors (Lipinski definition) is 4. The molecular formula is C11H15N3O3. The second-order valence-corrected chi connectivity index (χ2v) is 3.65. The lowest BCUT2D eigenvalue weighted by Gasteiger charge is -2.06. The monoisotopic (exact) mass is 237 g/mol. The van der Waals surface area contributed by atoms with Crippen LogP contribution in [-0.2, 0) is 0 Å². The molecular weight excluding hydrogens is 222 g/mol. The first-order chi connectivity index (χ1) is 8.06. The fourth-order valence-electron chi connectivity index (χ4n) is 1.42. The number of carbonyl (C=O) groups is 1. The summed E-state index contributed by atoms with van der Waals surface area (Å²) < 4.78 is 0. The zero-order chi connectivity index (χ0) is 12.8. The average Bonchev–Trinajstić information content (AvgIpc) is 2.28. The van der Waals surface area contributed by atoms with Crippen LogP contribution in [0, 0.1) is 17.0 Å². The minimum Gasteiger partial charge on any atom is -0.352 e. The first kappa shape index (κ1) is 13.1. The molecule has 3 N–H and O–H groups in total. The molecule has 0 saturated heterocycles. The van der Waals surface area contributed by atoms with E-state index in [1.54, 1.807) is 6.92 Å². The number of benzene rings is 1. The summed E-state index contributed by atoms with van der Waals surface area (Å²) in [6, 6.07) is 4.17. The molecule has 6 nitrogen and oxygen atoms in total. The van der Waals surface area contributed by atoms with Crippen molar-refractivity contribution in [2.75, 3.05) is 13.1 Å². The largest absolute Gasteiger partial charge is 0.352 e. The first-order valence-electron chi connectivity index (χ1n) is 5.29. The summed E-state index contributed by atoms with van der Waals surface area (Å²) in [5.74, 6) is -0.231. The van der Waals surface area contributed by atoms with Gasteiger partial charge in [0, 0.05) is 24.2 Å². The van der Waals surface area contributed by atoms with Crippen LogP contribution < -0.4 is 11.1 Å². The average molecular weight is 237 g/mol. The van der Waals surface area contributed by atoms with Gasteiger partial charge in [0.15, 0.2) is 0 Å².